The molecule has 0 N–H and O–H groups in total. The van der Waals surface area contributed by atoms with Crippen molar-refractivity contribution in [1.29, 1.82) is 0 Å². The van der Waals surface area contributed by atoms with Gasteiger partial charge in [0.25, 0.3) is 0 Å². The van der Waals surface area contributed by atoms with Crippen molar-refractivity contribution in [2.45, 2.75) is 26.2 Å². The molecule has 1 fully saturated rings. The van der Waals surface area contributed by atoms with Crippen molar-refractivity contribution < 1.29 is 13.2 Å². The van der Waals surface area contributed by atoms with Gasteiger partial charge in [-0.15, -0.1) is 0 Å². The molecule has 0 aliphatic carbocycles. The van der Waals surface area contributed by atoms with Crippen LogP contribution in [-0.4, -0.2) is 55.5 Å². The van der Waals surface area contributed by atoms with Gasteiger partial charge in [0.1, 0.15) is 0 Å². The van der Waals surface area contributed by atoms with Gasteiger partial charge in [-0.1, -0.05) is 37.3 Å². The third-order valence-electron chi connectivity index (χ3n) is 3.92. The highest BCUT2D eigenvalue weighted by Gasteiger charge is 2.27. The Bertz CT molecular complexity index is 579. The maximum absolute atomic E-state index is 12.2. The average Bonchev–Trinajstić information content (AvgIpc) is 2.54. The highest BCUT2D eigenvalue weighted by Crippen LogP contribution is 2.11. The molecular weight excluding hydrogens is 300 g/mol. The van der Waals surface area contributed by atoms with Crippen LogP contribution >= 0.6 is 0 Å². The molecule has 0 radical (unpaired) electrons. The summed E-state index contributed by atoms with van der Waals surface area (Å²) in [5.74, 6) is 0.297. The number of piperazine rings is 1. The number of nitrogens with zero attached hydrogens (tertiary/aromatic N) is 2. The Morgan fingerprint density at radius 3 is 2.32 bits per heavy atom. The molecule has 1 saturated heterocycles. The summed E-state index contributed by atoms with van der Waals surface area (Å²) in [6.07, 6.45) is 1.83. The maximum Gasteiger partial charge on any atom is 0.222 e. The first kappa shape index (κ1) is 17.0. The quantitative estimate of drug-likeness (QED) is 0.797. The molecule has 1 amide bonds. The molecule has 0 saturated carbocycles. The van der Waals surface area contributed by atoms with Crippen LogP contribution in [0.1, 0.15) is 25.3 Å². The summed E-state index contributed by atoms with van der Waals surface area (Å²) in [7, 11) is -3.14. The molecular formula is C16H24N2O3S. The number of aryl methyl sites for hydroxylation is 1. The van der Waals surface area contributed by atoms with Crippen molar-refractivity contribution in [1.82, 2.24) is 9.21 Å². The lowest BCUT2D eigenvalue weighted by Gasteiger charge is -2.34. The Kier molecular flexibility index (Phi) is 5.97. The van der Waals surface area contributed by atoms with E-state index < -0.39 is 10.0 Å². The summed E-state index contributed by atoms with van der Waals surface area (Å²) in [6, 6.07) is 9.93. The van der Waals surface area contributed by atoms with Gasteiger partial charge < -0.3 is 4.90 Å². The zero-order chi connectivity index (χ0) is 16.0. The fourth-order valence-electron chi connectivity index (χ4n) is 2.66. The molecule has 6 heteroatoms. The van der Waals surface area contributed by atoms with Crippen LogP contribution in [0.2, 0.25) is 0 Å². The Hall–Kier alpha value is -1.40. The van der Waals surface area contributed by atoms with Crippen molar-refractivity contribution in [3.05, 3.63) is 35.9 Å². The van der Waals surface area contributed by atoms with Crippen LogP contribution in [0.3, 0.4) is 0 Å². The largest absolute Gasteiger partial charge is 0.340 e. The molecule has 0 bridgehead atoms. The predicted octanol–water partition coefficient (Wildman–Crippen LogP) is 1.50. The van der Waals surface area contributed by atoms with E-state index in [1.54, 1.807) is 4.90 Å². The first-order valence-electron chi connectivity index (χ1n) is 7.82. The van der Waals surface area contributed by atoms with E-state index in [0.29, 0.717) is 39.0 Å². The fourth-order valence-corrected chi connectivity index (χ4v) is 4.15. The Morgan fingerprint density at radius 1 is 1.09 bits per heavy atom. The van der Waals surface area contributed by atoms with E-state index in [4.69, 9.17) is 0 Å². The molecule has 2 rings (SSSR count). The van der Waals surface area contributed by atoms with Crippen LogP contribution in [-0.2, 0) is 21.2 Å². The van der Waals surface area contributed by atoms with E-state index in [-0.39, 0.29) is 11.7 Å². The number of carbonyl (C=O) groups excluding carboxylic acids is 1. The topological polar surface area (TPSA) is 57.7 Å². The summed E-state index contributed by atoms with van der Waals surface area (Å²) < 4.78 is 25.5. The van der Waals surface area contributed by atoms with E-state index in [9.17, 15) is 13.2 Å². The molecule has 1 aromatic carbocycles. The number of hydrogen-bond donors (Lipinski definition) is 0. The predicted molar refractivity (Wildman–Crippen MR) is 87.0 cm³/mol. The van der Waals surface area contributed by atoms with Gasteiger partial charge in [0.15, 0.2) is 0 Å². The highest BCUT2D eigenvalue weighted by molar-refractivity contribution is 7.89. The standard InChI is InChI=1S/C16H24N2O3S/c1-2-14-22(20,21)18-12-10-17(11-13-18)16(19)9-8-15-6-4-3-5-7-15/h3-7H,2,8-14H2,1H3. The molecule has 0 spiro atoms. The number of amides is 1. The lowest BCUT2D eigenvalue weighted by Crippen LogP contribution is -2.51. The van der Waals surface area contributed by atoms with E-state index in [1.807, 2.05) is 37.3 Å². The van der Waals surface area contributed by atoms with Crippen LogP contribution in [0.4, 0.5) is 0 Å². The number of carbonyl (C=O) groups is 1. The van der Waals surface area contributed by atoms with Crippen LogP contribution in [0.25, 0.3) is 0 Å². The smallest absolute Gasteiger partial charge is 0.222 e. The normalized spacial score (nSPS) is 16.7. The second kappa shape index (κ2) is 7.74. The zero-order valence-corrected chi connectivity index (χ0v) is 13.9. The van der Waals surface area contributed by atoms with Gasteiger partial charge in [-0.25, -0.2) is 8.42 Å². The minimum absolute atomic E-state index is 0.108. The first-order chi connectivity index (χ1) is 10.5. The molecule has 122 valence electrons. The third kappa shape index (κ3) is 4.55. The molecule has 0 unspecified atom stereocenters. The summed E-state index contributed by atoms with van der Waals surface area (Å²) in [5, 5.41) is 0. The third-order valence-corrected chi connectivity index (χ3v) is 5.99. The zero-order valence-electron chi connectivity index (χ0n) is 13.1. The van der Waals surface area contributed by atoms with E-state index in [1.165, 1.54) is 4.31 Å². The Labute approximate surface area is 133 Å². The molecule has 1 aliphatic heterocycles. The minimum atomic E-state index is -3.14. The summed E-state index contributed by atoms with van der Waals surface area (Å²) >= 11 is 0. The maximum atomic E-state index is 12.2. The molecule has 1 aromatic rings. The van der Waals surface area contributed by atoms with Gasteiger partial charge in [0.2, 0.25) is 15.9 Å². The van der Waals surface area contributed by atoms with Gasteiger partial charge in [-0.2, -0.15) is 4.31 Å². The summed E-state index contributed by atoms with van der Waals surface area (Å²) in [6.45, 7) is 3.69. The van der Waals surface area contributed by atoms with Crippen LogP contribution < -0.4 is 0 Å². The highest BCUT2D eigenvalue weighted by atomic mass is 32.2. The number of benzene rings is 1. The van der Waals surface area contributed by atoms with Crippen molar-refractivity contribution in [3.8, 4) is 0 Å². The van der Waals surface area contributed by atoms with E-state index in [0.717, 1.165) is 12.0 Å². The lowest BCUT2D eigenvalue weighted by molar-refractivity contribution is -0.132. The molecule has 1 heterocycles. The van der Waals surface area contributed by atoms with Gasteiger partial charge in [0.05, 0.1) is 5.75 Å². The van der Waals surface area contributed by atoms with Gasteiger partial charge in [-0.3, -0.25) is 4.79 Å². The molecule has 22 heavy (non-hydrogen) atoms. The Morgan fingerprint density at radius 2 is 1.73 bits per heavy atom. The van der Waals surface area contributed by atoms with Gasteiger partial charge >= 0.3 is 0 Å². The number of rotatable bonds is 6. The monoisotopic (exact) mass is 324 g/mol. The van der Waals surface area contributed by atoms with Crippen molar-refractivity contribution >= 4 is 15.9 Å². The average molecular weight is 324 g/mol. The fraction of sp³-hybridized carbons (Fsp3) is 0.562. The first-order valence-corrected chi connectivity index (χ1v) is 9.43. The number of hydrogen-bond acceptors (Lipinski definition) is 3. The SMILES string of the molecule is CCCS(=O)(=O)N1CCN(C(=O)CCc2ccccc2)CC1. The Balaban J connectivity index is 1.80. The van der Waals surface area contributed by atoms with Gasteiger partial charge in [0, 0.05) is 32.6 Å². The van der Waals surface area contributed by atoms with Crippen molar-refractivity contribution in [3.63, 3.8) is 0 Å². The van der Waals surface area contributed by atoms with Crippen molar-refractivity contribution in [2.75, 3.05) is 31.9 Å². The molecule has 5 nitrogen and oxygen atoms in total. The van der Waals surface area contributed by atoms with Crippen LogP contribution in [0, 0.1) is 0 Å². The second-order valence-corrected chi connectivity index (χ2v) is 7.67. The van der Waals surface area contributed by atoms with Crippen molar-refractivity contribution in [2.24, 2.45) is 0 Å². The summed E-state index contributed by atoms with van der Waals surface area (Å²) in [4.78, 5) is 14.0. The van der Waals surface area contributed by atoms with Crippen LogP contribution in [0.15, 0.2) is 30.3 Å². The number of sulfonamides is 1. The van der Waals surface area contributed by atoms with Gasteiger partial charge in [-0.05, 0) is 18.4 Å². The summed E-state index contributed by atoms with van der Waals surface area (Å²) in [5.41, 5.74) is 1.15. The van der Waals surface area contributed by atoms with Crippen LogP contribution in [0.5, 0.6) is 0 Å². The minimum Gasteiger partial charge on any atom is -0.340 e. The second-order valence-electron chi connectivity index (χ2n) is 5.58. The molecule has 0 atom stereocenters. The van der Waals surface area contributed by atoms with E-state index in [2.05, 4.69) is 0 Å². The molecule has 1 aliphatic rings. The lowest BCUT2D eigenvalue weighted by atomic mass is 10.1. The van der Waals surface area contributed by atoms with E-state index >= 15 is 0 Å². The molecule has 0 aromatic heterocycles.